The first-order valence-electron chi connectivity index (χ1n) is 14.4. The van der Waals surface area contributed by atoms with E-state index < -0.39 is 28.5 Å². The lowest BCUT2D eigenvalue weighted by Crippen LogP contribution is -2.54. The number of hydrogen-bond donors (Lipinski definition) is 1. The highest BCUT2D eigenvalue weighted by molar-refractivity contribution is 7.92. The molecule has 1 N–H and O–H groups in total. The summed E-state index contributed by atoms with van der Waals surface area (Å²) in [4.78, 5) is 29.8. The van der Waals surface area contributed by atoms with Crippen molar-refractivity contribution in [3.63, 3.8) is 0 Å². The molecule has 4 aromatic carbocycles. The first-order valence-corrected chi connectivity index (χ1v) is 17.0. The Kier molecular flexibility index (Phi) is 11.9. The molecule has 2 atom stereocenters. The Bertz CT molecular complexity index is 1710. The molecule has 11 heteroatoms. The van der Waals surface area contributed by atoms with E-state index in [1.807, 2.05) is 44.2 Å². The molecule has 0 spiro atoms. The maximum absolute atomic E-state index is 14.5. The van der Waals surface area contributed by atoms with Crippen molar-refractivity contribution < 1.29 is 18.0 Å². The Hall–Kier alpha value is -3.56. The van der Waals surface area contributed by atoms with Crippen molar-refractivity contribution in [3.8, 4) is 0 Å². The zero-order chi connectivity index (χ0) is 32.6. The monoisotopic (exact) mass is 685 g/mol. The molecule has 0 aromatic heterocycles. The summed E-state index contributed by atoms with van der Waals surface area (Å²) in [6.45, 7) is 3.27. The van der Waals surface area contributed by atoms with Gasteiger partial charge in [0.05, 0.1) is 20.6 Å². The molecule has 0 saturated carbocycles. The fourth-order valence-corrected chi connectivity index (χ4v) is 6.52. The van der Waals surface area contributed by atoms with Crippen molar-refractivity contribution in [2.75, 3.05) is 10.8 Å². The van der Waals surface area contributed by atoms with Gasteiger partial charge < -0.3 is 10.2 Å². The zero-order valence-corrected chi connectivity index (χ0v) is 28.0. The average molecular weight is 687 g/mol. The molecule has 7 nitrogen and oxygen atoms in total. The summed E-state index contributed by atoms with van der Waals surface area (Å²) < 4.78 is 29.1. The van der Waals surface area contributed by atoms with Gasteiger partial charge in [-0.2, -0.15) is 0 Å². The van der Waals surface area contributed by atoms with Crippen LogP contribution < -0.4 is 9.62 Å². The molecule has 0 fully saturated rings. The molecule has 0 aliphatic carbocycles. The van der Waals surface area contributed by atoms with Gasteiger partial charge in [0.1, 0.15) is 12.6 Å². The van der Waals surface area contributed by atoms with E-state index in [1.54, 1.807) is 42.5 Å². The van der Waals surface area contributed by atoms with Crippen molar-refractivity contribution in [1.82, 2.24) is 10.2 Å². The number of amides is 2. The summed E-state index contributed by atoms with van der Waals surface area (Å²) >= 11 is 18.6. The molecule has 2 amide bonds. The van der Waals surface area contributed by atoms with Crippen LogP contribution in [-0.2, 0) is 32.6 Å². The topological polar surface area (TPSA) is 86.8 Å². The minimum absolute atomic E-state index is 0.0107. The number of hydrogen-bond acceptors (Lipinski definition) is 4. The van der Waals surface area contributed by atoms with Crippen LogP contribution in [0.25, 0.3) is 0 Å². The fraction of sp³-hybridized carbons (Fsp3) is 0.235. The SMILES string of the molecule is CC[C@@H](C)NC(=O)[C@@H](Cc1ccccc1)N(Cc1ccc(Cl)cc1)C(=O)CN(c1ccc(Cl)c(Cl)c1)S(=O)(=O)c1ccccc1. The highest BCUT2D eigenvalue weighted by Gasteiger charge is 2.35. The number of carbonyl (C=O) groups is 2. The Balaban J connectivity index is 1.81. The number of halogens is 3. The lowest BCUT2D eigenvalue weighted by atomic mass is 10.0. The Morgan fingerprint density at radius 1 is 0.800 bits per heavy atom. The van der Waals surface area contributed by atoms with Crippen molar-refractivity contribution in [3.05, 3.63) is 129 Å². The molecule has 0 heterocycles. The second-order valence-corrected chi connectivity index (χ2v) is 13.7. The van der Waals surface area contributed by atoms with Crippen LogP contribution in [0.15, 0.2) is 108 Å². The molecular formula is C34H34Cl3N3O4S. The summed E-state index contributed by atoms with van der Waals surface area (Å²) in [6, 6.07) is 27.4. The first-order chi connectivity index (χ1) is 21.5. The summed E-state index contributed by atoms with van der Waals surface area (Å²) in [5.74, 6) is -0.932. The molecule has 0 aliphatic heterocycles. The number of benzene rings is 4. The standard InChI is InChI=1S/C34H34Cl3N3O4S/c1-3-24(2)38-34(42)32(20-25-10-6-4-7-11-25)39(22-26-14-16-27(35)17-15-26)33(41)23-40(28-18-19-30(36)31(37)21-28)45(43,44)29-12-8-5-9-13-29/h4-19,21,24,32H,3,20,22-23H2,1-2H3,(H,38,42)/t24-,32-/m1/s1. The smallest absolute Gasteiger partial charge is 0.264 e. The van der Waals surface area contributed by atoms with Crippen molar-refractivity contribution >= 4 is 62.3 Å². The van der Waals surface area contributed by atoms with Gasteiger partial charge >= 0.3 is 0 Å². The van der Waals surface area contributed by atoms with Crippen LogP contribution in [0.5, 0.6) is 0 Å². The lowest BCUT2D eigenvalue weighted by molar-refractivity contribution is -0.140. The third-order valence-corrected chi connectivity index (χ3v) is 10.1. The van der Waals surface area contributed by atoms with Gasteiger partial charge in [0, 0.05) is 24.0 Å². The van der Waals surface area contributed by atoms with Crippen LogP contribution in [0.3, 0.4) is 0 Å². The van der Waals surface area contributed by atoms with Gasteiger partial charge in [-0.1, -0.05) is 102 Å². The average Bonchev–Trinajstić information content (AvgIpc) is 3.04. The second-order valence-electron chi connectivity index (χ2n) is 10.6. The molecule has 0 bridgehead atoms. The lowest BCUT2D eigenvalue weighted by Gasteiger charge is -2.34. The third kappa shape index (κ3) is 9.01. The minimum Gasteiger partial charge on any atom is -0.352 e. The predicted octanol–water partition coefficient (Wildman–Crippen LogP) is 7.40. The van der Waals surface area contributed by atoms with E-state index in [4.69, 9.17) is 34.8 Å². The molecular weight excluding hydrogens is 653 g/mol. The number of nitrogens with zero attached hydrogens (tertiary/aromatic N) is 2. The minimum atomic E-state index is -4.25. The number of anilines is 1. The molecule has 0 radical (unpaired) electrons. The van der Waals surface area contributed by atoms with E-state index in [1.165, 1.54) is 35.2 Å². The van der Waals surface area contributed by atoms with E-state index >= 15 is 0 Å². The van der Waals surface area contributed by atoms with E-state index in [0.717, 1.165) is 9.87 Å². The van der Waals surface area contributed by atoms with Crippen LogP contribution in [0, 0.1) is 0 Å². The van der Waals surface area contributed by atoms with E-state index in [0.29, 0.717) is 17.0 Å². The number of nitrogens with one attached hydrogen (secondary N) is 1. The summed E-state index contributed by atoms with van der Waals surface area (Å²) in [7, 11) is -4.25. The van der Waals surface area contributed by atoms with Crippen LogP contribution in [0.1, 0.15) is 31.4 Å². The largest absolute Gasteiger partial charge is 0.352 e. The molecule has 0 unspecified atom stereocenters. The van der Waals surface area contributed by atoms with E-state index in [9.17, 15) is 18.0 Å². The van der Waals surface area contributed by atoms with Crippen molar-refractivity contribution in [2.45, 2.75) is 50.2 Å². The molecule has 0 saturated heterocycles. The first kappa shape index (κ1) is 34.3. The summed E-state index contributed by atoms with van der Waals surface area (Å²) in [5.41, 5.74) is 1.71. The quantitative estimate of drug-likeness (QED) is 0.159. The van der Waals surface area contributed by atoms with Gasteiger partial charge in [-0.3, -0.25) is 13.9 Å². The zero-order valence-electron chi connectivity index (χ0n) is 24.9. The van der Waals surface area contributed by atoms with Gasteiger partial charge in [-0.25, -0.2) is 8.42 Å². The number of carbonyl (C=O) groups excluding carboxylic acids is 2. The molecule has 4 aromatic rings. The van der Waals surface area contributed by atoms with E-state index in [2.05, 4.69) is 5.32 Å². The van der Waals surface area contributed by atoms with E-state index in [-0.39, 0.29) is 45.5 Å². The maximum Gasteiger partial charge on any atom is 0.264 e. The number of rotatable bonds is 13. The van der Waals surface area contributed by atoms with Crippen molar-refractivity contribution in [1.29, 1.82) is 0 Å². The van der Waals surface area contributed by atoms with Crippen LogP contribution >= 0.6 is 34.8 Å². The predicted molar refractivity (Wildman–Crippen MR) is 181 cm³/mol. The highest BCUT2D eigenvalue weighted by Crippen LogP contribution is 2.31. The van der Waals surface area contributed by atoms with Gasteiger partial charge in [0.15, 0.2) is 0 Å². The third-order valence-electron chi connectivity index (χ3n) is 7.34. The normalized spacial score (nSPS) is 12.6. The van der Waals surface area contributed by atoms with Crippen LogP contribution in [0.2, 0.25) is 15.1 Å². The Labute approximate surface area is 279 Å². The Morgan fingerprint density at radius 2 is 1.42 bits per heavy atom. The van der Waals surface area contributed by atoms with Gasteiger partial charge in [0.2, 0.25) is 11.8 Å². The van der Waals surface area contributed by atoms with Gasteiger partial charge in [-0.05, 0) is 66.9 Å². The molecule has 4 rings (SSSR count). The molecule has 45 heavy (non-hydrogen) atoms. The maximum atomic E-state index is 14.5. The van der Waals surface area contributed by atoms with Crippen LogP contribution in [-0.4, -0.2) is 43.8 Å². The highest BCUT2D eigenvalue weighted by atomic mass is 35.5. The fourth-order valence-electron chi connectivity index (χ4n) is 4.67. The van der Waals surface area contributed by atoms with Gasteiger partial charge in [0.25, 0.3) is 10.0 Å². The summed E-state index contributed by atoms with van der Waals surface area (Å²) in [5, 5.41) is 3.90. The van der Waals surface area contributed by atoms with Gasteiger partial charge in [-0.15, -0.1) is 0 Å². The number of sulfonamides is 1. The van der Waals surface area contributed by atoms with Crippen molar-refractivity contribution in [2.24, 2.45) is 0 Å². The summed E-state index contributed by atoms with van der Waals surface area (Å²) in [6.07, 6.45) is 0.899. The van der Waals surface area contributed by atoms with Crippen LogP contribution in [0.4, 0.5) is 5.69 Å². The molecule has 236 valence electrons. The molecule has 0 aliphatic rings. The second kappa shape index (κ2) is 15.6. The Morgan fingerprint density at radius 3 is 2.02 bits per heavy atom.